The lowest BCUT2D eigenvalue weighted by Gasteiger charge is -2.41. The van der Waals surface area contributed by atoms with E-state index in [2.05, 4.69) is 37.8 Å². The first-order valence-corrected chi connectivity index (χ1v) is 4.81. The zero-order valence-electron chi connectivity index (χ0n) is 8.91. The largest absolute Gasteiger partial charge is 0.368 e. The fourth-order valence-corrected chi connectivity index (χ4v) is 1.65. The van der Waals surface area contributed by atoms with Crippen molar-refractivity contribution in [3.05, 3.63) is 12.4 Å². The molecule has 0 amide bonds. The van der Waals surface area contributed by atoms with Gasteiger partial charge in [0, 0.05) is 12.3 Å². The molecule has 13 heavy (non-hydrogen) atoms. The van der Waals surface area contributed by atoms with Crippen LogP contribution in [-0.2, 0) is 0 Å². The number of nitrogens with one attached hydrogen (secondary N) is 1. The Morgan fingerprint density at radius 1 is 1.46 bits per heavy atom. The predicted molar refractivity (Wildman–Crippen MR) is 56.4 cm³/mol. The average Bonchev–Trinajstić information content (AvgIpc) is 2.09. The van der Waals surface area contributed by atoms with Gasteiger partial charge in [-0.25, -0.2) is 5.01 Å². The van der Waals surface area contributed by atoms with Gasteiger partial charge in [0.25, 0.3) is 0 Å². The van der Waals surface area contributed by atoms with Crippen LogP contribution in [-0.4, -0.2) is 23.3 Å². The molecule has 1 fully saturated rings. The van der Waals surface area contributed by atoms with E-state index < -0.39 is 0 Å². The van der Waals surface area contributed by atoms with Gasteiger partial charge in [-0.15, -0.1) is 0 Å². The summed E-state index contributed by atoms with van der Waals surface area (Å²) in [5.41, 5.74) is 0. The van der Waals surface area contributed by atoms with Crippen molar-refractivity contribution in [3.8, 4) is 0 Å². The van der Waals surface area contributed by atoms with Crippen LogP contribution in [0, 0.1) is 5.92 Å². The smallest absolute Gasteiger partial charge is 0.115 e. The first-order chi connectivity index (χ1) is 6.07. The summed E-state index contributed by atoms with van der Waals surface area (Å²) in [7, 11) is 0. The number of hydrogen-bond acceptors (Lipinski definition) is 3. The maximum atomic E-state index is 4.28. The Balaban J connectivity index is 2.79. The first-order valence-electron chi connectivity index (χ1n) is 4.81. The van der Waals surface area contributed by atoms with Crippen LogP contribution in [0.2, 0.25) is 0 Å². The van der Waals surface area contributed by atoms with E-state index in [1.165, 1.54) is 0 Å². The Morgan fingerprint density at radius 2 is 2.08 bits per heavy atom. The quantitative estimate of drug-likeness (QED) is 0.624. The van der Waals surface area contributed by atoms with Crippen LogP contribution < -0.4 is 5.32 Å². The summed E-state index contributed by atoms with van der Waals surface area (Å²) in [6.07, 6.45) is 1.80. The fourth-order valence-electron chi connectivity index (χ4n) is 1.65. The monoisotopic (exact) mass is 181 g/mol. The molecule has 74 valence electrons. The standard InChI is InChI=1S/C10H19N3/c1-6-11-13-9(4)7(2)8(3)12-10(13)5/h6-9,12H,5H2,1-4H3/b11-6-. The molecule has 1 saturated heterocycles. The molecule has 3 heteroatoms. The van der Waals surface area contributed by atoms with Crippen LogP contribution >= 0.6 is 0 Å². The first kappa shape index (κ1) is 10.1. The van der Waals surface area contributed by atoms with E-state index in [0.717, 1.165) is 5.82 Å². The molecule has 1 aliphatic heterocycles. The molecule has 0 saturated carbocycles. The summed E-state index contributed by atoms with van der Waals surface area (Å²) in [4.78, 5) is 0. The van der Waals surface area contributed by atoms with Gasteiger partial charge in [0.1, 0.15) is 5.82 Å². The molecule has 1 aliphatic rings. The van der Waals surface area contributed by atoms with Gasteiger partial charge in [0.05, 0.1) is 6.04 Å². The van der Waals surface area contributed by atoms with Crippen LogP contribution in [0.3, 0.4) is 0 Å². The Morgan fingerprint density at radius 3 is 2.62 bits per heavy atom. The zero-order chi connectivity index (χ0) is 10.0. The summed E-state index contributed by atoms with van der Waals surface area (Å²) in [5.74, 6) is 1.48. The van der Waals surface area contributed by atoms with E-state index in [9.17, 15) is 0 Å². The molecule has 0 aromatic heterocycles. The second-order valence-corrected chi connectivity index (χ2v) is 3.70. The number of nitrogens with zero attached hydrogens (tertiary/aromatic N) is 2. The van der Waals surface area contributed by atoms with Gasteiger partial charge < -0.3 is 5.32 Å². The lowest BCUT2D eigenvalue weighted by atomic mass is 9.93. The molecule has 3 atom stereocenters. The lowest BCUT2D eigenvalue weighted by molar-refractivity contribution is 0.132. The summed E-state index contributed by atoms with van der Waals surface area (Å²) >= 11 is 0. The van der Waals surface area contributed by atoms with Gasteiger partial charge in [-0.2, -0.15) is 5.10 Å². The molecule has 1 rings (SSSR count). The van der Waals surface area contributed by atoms with Crippen molar-refractivity contribution in [2.45, 2.75) is 39.8 Å². The normalized spacial score (nSPS) is 35.2. The van der Waals surface area contributed by atoms with E-state index in [0.29, 0.717) is 18.0 Å². The van der Waals surface area contributed by atoms with E-state index in [1.807, 2.05) is 11.9 Å². The Kier molecular flexibility index (Phi) is 2.96. The Labute approximate surface area is 80.5 Å². The molecular formula is C10H19N3. The van der Waals surface area contributed by atoms with Crippen molar-refractivity contribution in [3.63, 3.8) is 0 Å². The summed E-state index contributed by atoms with van der Waals surface area (Å²) < 4.78 is 0. The third-order valence-electron chi connectivity index (χ3n) is 2.85. The van der Waals surface area contributed by atoms with E-state index >= 15 is 0 Å². The molecule has 0 spiro atoms. The van der Waals surface area contributed by atoms with Crippen molar-refractivity contribution in [1.29, 1.82) is 0 Å². The molecule has 0 aromatic rings. The summed E-state index contributed by atoms with van der Waals surface area (Å²) in [6.45, 7) is 12.5. The van der Waals surface area contributed by atoms with Gasteiger partial charge >= 0.3 is 0 Å². The van der Waals surface area contributed by atoms with E-state index in [1.54, 1.807) is 6.21 Å². The van der Waals surface area contributed by atoms with Crippen molar-refractivity contribution < 1.29 is 0 Å². The highest BCUT2D eigenvalue weighted by atomic mass is 15.5. The second kappa shape index (κ2) is 3.81. The van der Waals surface area contributed by atoms with Crippen molar-refractivity contribution in [1.82, 2.24) is 10.3 Å². The molecule has 1 heterocycles. The van der Waals surface area contributed by atoms with Gasteiger partial charge in [0.15, 0.2) is 0 Å². The fraction of sp³-hybridized carbons (Fsp3) is 0.700. The molecule has 0 aromatic carbocycles. The summed E-state index contributed by atoms with van der Waals surface area (Å²) in [5, 5.41) is 9.54. The van der Waals surface area contributed by atoms with E-state index in [-0.39, 0.29) is 0 Å². The minimum Gasteiger partial charge on any atom is -0.368 e. The molecule has 3 nitrogen and oxygen atoms in total. The van der Waals surface area contributed by atoms with Crippen LogP contribution in [0.1, 0.15) is 27.7 Å². The van der Waals surface area contributed by atoms with Gasteiger partial charge in [-0.1, -0.05) is 13.5 Å². The average molecular weight is 181 g/mol. The molecule has 3 unspecified atom stereocenters. The topological polar surface area (TPSA) is 27.6 Å². The van der Waals surface area contributed by atoms with Crippen molar-refractivity contribution in [2.24, 2.45) is 11.0 Å². The maximum absolute atomic E-state index is 4.28. The minimum absolute atomic E-state index is 0.417. The lowest BCUT2D eigenvalue weighted by Crippen LogP contribution is -2.52. The third-order valence-corrected chi connectivity index (χ3v) is 2.85. The third kappa shape index (κ3) is 1.85. The molecule has 1 N–H and O–H groups in total. The van der Waals surface area contributed by atoms with Crippen LogP contribution in [0.5, 0.6) is 0 Å². The Bertz CT molecular complexity index is 222. The highest BCUT2D eigenvalue weighted by Gasteiger charge is 2.30. The van der Waals surface area contributed by atoms with Crippen LogP contribution in [0.4, 0.5) is 0 Å². The van der Waals surface area contributed by atoms with E-state index in [4.69, 9.17) is 0 Å². The molecule has 0 bridgehead atoms. The number of hydrogen-bond donors (Lipinski definition) is 1. The SMILES string of the molecule is C=C1NC(C)C(C)C(C)N1/N=C\C. The van der Waals surface area contributed by atoms with Crippen molar-refractivity contribution >= 4 is 6.21 Å². The Hall–Kier alpha value is -0.990. The van der Waals surface area contributed by atoms with Crippen molar-refractivity contribution in [2.75, 3.05) is 0 Å². The molecular weight excluding hydrogens is 162 g/mol. The summed E-state index contributed by atoms with van der Waals surface area (Å²) in [6, 6.07) is 0.894. The molecule has 0 radical (unpaired) electrons. The van der Waals surface area contributed by atoms with Crippen LogP contribution in [0.25, 0.3) is 0 Å². The number of rotatable bonds is 1. The van der Waals surface area contributed by atoms with Gasteiger partial charge in [0.2, 0.25) is 0 Å². The zero-order valence-corrected chi connectivity index (χ0v) is 8.91. The number of hydrazone groups is 1. The minimum atomic E-state index is 0.417. The molecule has 0 aliphatic carbocycles. The second-order valence-electron chi connectivity index (χ2n) is 3.70. The van der Waals surface area contributed by atoms with Crippen LogP contribution in [0.15, 0.2) is 17.5 Å². The highest BCUT2D eigenvalue weighted by Crippen LogP contribution is 2.23. The maximum Gasteiger partial charge on any atom is 0.115 e. The van der Waals surface area contributed by atoms with Gasteiger partial charge in [-0.3, -0.25) is 0 Å². The predicted octanol–water partition coefficient (Wildman–Crippen LogP) is 1.78. The highest BCUT2D eigenvalue weighted by molar-refractivity contribution is 5.53. The van der Waals surface area contributed by atoms with Gasteiger partial charge in [-0.05, 0) is 26.7 Å².